The molecule has 148 valence electrons. The number of methoxy groups -OCH3 is 1. The number of hydrogen-bond donors (Lipinski definition) is 1. The monoisotopic (exact) mass is 447 g/mol. The average Bonchev–Trinajstić information content (AvgIpc) is 2.95. The van der Waals surface area contributed by atoms with E-state index >= 15 is 0 Å². The Labute approximate surface area is 171 Å². The zero-order valence-electron chi connectivity index (χ0n) is 16.2. The van der Waals surface area contributed by atoms with Crippen molar-refractivity contribution < 1.29 is 23.5 Å². The Balaban J connectivity index is 1.92. The standard InChI is InChI=1S/C21H22BrNO5/c1-11-16-14(24)9-21(2,3)10-15(16)28-18(11)19(25)23-17(20(26)27-4)12-5-7-13(22)8-6-12/h5-8,17H,9-10H2,1-4H3,(H,23,25). The van der Waals surface area contributed by atoms with Gasteiger partial charge in [0.05, 0.1) is 12.7 Å². The molecule has 1 aromatic heterocycles. The van der Waals surface area contributed by atoms with Gasteiger partial charge in [-0.2, -0.15) is 0 Å². The van der Waals surface area contributed by atoms with Crippen LogP contribution in [-0.2, 0) is 16.0 Å². The predicted molar refractivity (Wildman–Crippen MR) is 106 cm³/mol. The highest BCUT2D eigenvalue weighted by molar-refractivity contribution is 9.10. The van der Waals surface area contributed by atoms with Gasteiger partial charge in [-0.15, -0.1) is 0 Å². The molecule has 1 aliphatic rings. The van der Waals surface area contributed by atoms with Crippen LogP contribution >= 0.6 is 15.9 Å². The smallest absolute Gasteiger partial charge is 0.333 e. The van der Waals surface area contributed by atoms with Crippen LogP contribution in [0.15, 0.2) is 33.2 Å². The summed E-state index contributed by atoms with van der Waals surface area (Å²) in [5.41, 5.74) is 1.36. The van der Waals surface area contributed by atoms with Crippen molar-refractivity contribution in [3.05, 3.63) is 56.9 Å². The first-order valence-corrected chi connectivity index (χ1v) is 9.72. The number of benzene rings is 1. The van der Waals surface area contributed by atoms with Crippen molar-refractivity contribution in [3.63, 3.8) is 0 Å². The molecule has 0 radical (unpaired) electrons. The van der Waals surface area contributed by atoms with Crippen LogP contribution in [0, 0.1) is 12.3 Å². The molecule has 0 aliphatic heterocycles. The second-order valence-electron chi connectivity index (χ2n) is 7.78. The molecule has 1 aromatic carbocycles. The lowest BCUT2D eigenvalue weighted by molar-refractivity contribution is -0.143. The number of halogens is 1. The van der Waals surface area contributed by atoms with E-state index in [0.29, 0.717) is 35.3 Å². The van der Waals surface area contributed by atoms with Crippen LogP contribution in [0.1, 0.15) is 64.1 Å². The van der Waals surface area contributed by atoms with Crippen molar-refractivity contribution in [2.45, 2.75) is 39.7 Å². The van der Waals surface area contributed by atoms with Crippen LogP contribution in [0.2, 0.25) is 0 Å². The topological polar surface area (TPSA) is 85.6 Å². The van der Waals surface area contributed by atoms with Crippen molar-refractivity contribution >= 4 is 33.6 Å². The van der Waals surface area contributed by atoms with E-state index < -0.39 is 17.9 Å². The Bertz CT molecular complexity index is 942. The Morgan fingerprint density at radius 2 is 1.86 bits per heavy atom. The Hall–Kier alpha value is -2.41. The second kappa shape index (κ2) is 7.54. The van der Waals surface area contributed by atoms with E-state index in [2.05, 4.69) is 21.2 Å². The van der Waals surface area contributed by atoms with Crippen LogP contribution in [0.4, 0.5) is 0 Å². The lowest BCUT2D eigenvalue weighted by Gasteiger charge is -2.27. The highest BCUT2D eigenvalue weighted by atomic mass is 79.9. The van der Waals surface area contributed by atoms with Crippen LogP contribution in [-0.4, -0.2) is 24.8 Å². The van der Waals surface area contributed by atoms with Gasteiger partial charge in [0, 0.05) is 22.9 Å². The fraction of sp³-hybridized carbons (Fsp3) is 0.381. The summed E-state index contributed by atoms with van der Waals surface area (Å²) in [5.74, 6) is -0.592. The number of furan rings is 1. The molecule has 0 spiro atoms. The SMILES string of the molecule is COC(=O)C(NC(=O)c1oc2c(c1C)C(=O)CC(C)(C)C2)c1ccc(Br)cc1. The number of fused-ring (bicyclic) bond motifs is 1. The van der Waals surface area contributed by atoms with Crippen molar-refractivity contribution in [2.24, 2.45) is 5.41 Å². The summed E-state index contributed by atoms with van der Waals surface area (Å²) in [6, 6.07) is 6.00. The molecule has 1 heterocycles. The van der Waals surface area contributed by atoms with Crippen LogP contribution < -0.4 is 5.32 Å². The lowest BCUT2D eigenvalue weighted by Crippen LogP contribution is -2.34. The first kappa shape index (κ1) is 20.3. The van der Waals surface area contributed by atoms with Gasteiger partial charge in [0.2, 0.25) is 0 Å². The zero-order chi connectivity index (χ0) is 20.6. The maximum atomic E-state index is 12.9. The third-order valence-corrected chi connectivity index (χ3v) is 5.43. The maximum Gasteiger partial charge on any atom is 0.333 e. The fourth-order valence-electron chi connectivity index (χ4n) is 3.55. The minimum atomic E-state index is -0.987. The number of rotatable bonds is 4. The van der Waals surface area contributed by atoms with Gasteiger partial charge in [-0.25, -0.2) is 4.79 Å². The number of esters is 1. The van der Waals surface area contributed by atoms with Gasteiger partial charge in [-0.3, -0.25) is 9.59 Å². The van der Waals surface area contributed by atoms with E-state index in [1.807, 2.05) is 13.8 Å². The third kappa shape index (κ3) is 3.90. The summed E-state index contributed by atoms with van der Waals surface area (Å²) in [7, 11) is 1.26. The van der Waals surface area contributed by atoms with E-state index in [-0.39, 0.29) is 17.0 Å². The van der Waals surface area contributed by atoms with Gasteiger partial charge in [0.15, 0.2) is 17.6 Å². The third-order valence-electron chi connectivity index (χ3n) is 4.90. The molecular formula is C21H22BrNO5. The van der Waals surface area contributed by atoms with Crippen molar-refractivity contribution in [3.8, 4) is 0 Å². The van der Waals surface area contributed by atoms with Crippen molar-refractivity contribution in [1.82, 2.24) is 5.32 Å². The van der Waals surface area contributed by atoms with E-state index in [4.69, 9.17) is 9.15 Å². The minimum Gasteiger partial charge on any atom is -0.467 e. The summed E-state index contributed by atoms with van der Waals surface area (Å²) in [6.45, 7) is 5.68. The first-order valence-electron chi connectivity index (χ1n) is 8.92. The molecular weight excluding hydrogens is 426 g/mol. The van der Waals surface area contributed by atoms with Crippen molar-refractivity contribution in [2.75, 3.05) is 7.11 Å². The molecule has 1 atom stereocenters. The zero-order valence-corrected chi connectivity index (χ0v) is 17.8. The van der Waals surface area contributed by atoms with Crippen LogP contribution in [0.5, 0.6) is 0 Å². The van der Waals surface area contributed by atoms with E-state index in [9.17, 15) is 14.4 Å². The molecule has 6 nitrogen and oxygen atoms in total. The molecule has 1 amide bonds. The molecule has 3 rings (SSSR count). The number of Topliss-reactive ketones (excluding diaryl/α,β-unsaturated/α-hetero) is 1. The molecule has 1 aliphatic carbocycles. The molecule has 28 heavy (non-hydrogen) atoms. The Kier molecular flexibility index (Phi) is 5.48. The van der Waals surface area contributed by atoms with E-state index in [1.165, 1.54) is 7.11 Å². The number of carbonyl (C=O) groups is 3. The van der Waals surface area contributed by atoms with Gasteiger partial charge in [0.25, 0.3) is 5.91 Å². The Morgan fingerprint density at radius 1 is 1.21 bits per heavy atom. The molecule has 1 unspecified atom stereocenters. The minimum absolute atomic E-state index is 0.0241. The average molecular weight is 448 g/mol. The van der Waals surface area contributed by atoms with Gasteiger partial charge in [-0.1, -0.05) is 41.9 Å². The largest absolute Gasteiger partial charge is 0.467 e. The summed E-state index contributed by atoms with van der Waals surface area (Å²) in [6.07, 6.45) is 0.987. The van der Waals surface area contributed by atoms with E-state index in [0.717, 1.165) is 4.47 Å². The number of carbonyl (C=O) groups excluding carboxylic acids is 3. The highest BCUT2D eigenvalue weighted by Crippen LogP contribution is 2.38. The number of amides is 1. The predicted octanol–water partition coefficient (Wildman–Crippen LogP) is 4.15. The molecule has 0 bridgehead atoms. The number of nitrogens with one attached hydrogen (secondary N) is 1. The number of ketones is 1. The van der Waals surface area contributed by atoms with E-state index in [1.54, 1.807) is 31.2 Å². The summed E-state index contributed by atoms with van der Waals surface area (Å²) in [5, 5.41) is 2.67. The summed E-state index contributed by atoms with van der Waals surface area (Å²) < 4.78 is 11.5. The normalized spacial score (nSPS) is 16.2. The van der Waals surface area contributed by atoms with Gasteiger partial charge >= 0.3 is 5.97 Å². The van der Waals surface area contributed by atoms with Gasteiger partial charge in [-0.05, 0) is 30.0 Å². The maximum absolute atomic E-state index is 12.9. The molecule has 0 saturated carbocycles. The first-order chi connectivity index (χ1) is 13.1. The second-order valence-corrected chi connectivity index (χ2v) is 8.69. The highest BCUT2D eigenvalue weighted by Gasteiger charge is 2.37. The van der Waals surface area contributed by atoms with Crippen molar-refractivity contribution in [1.29, 1.82) is 0 Å². The molecule has 0 saturated heterocycles. The Morgan fingerprint density at radius 3 is 2.46 bits per heavy atom. The number of ether oxygens (including phenoxy) is 1. The number of hydrogen-bond acceptors (Lipinski definition) is 5. The van der Waals surface area contributed by atoms with Crippen LogP contribution in [0.3, 0.4) is 0 Å². The summed E-state index contributed by atoms with van der Waals surface area (Å²) in [4.78, 5) is 37.7. The van der Waals surface area contributed by atoms with Gasteiger partial charge in [0.1, 0.15) is 5.76 Å². The molecule has 2 aromatic rings. The lowest BCUT2D eigenvalue weighted by atomic mass is 9.76. The van der Waals surface area contributed by atoms with Crippen LogP contribution in [0.25, 0.3) is 0 Å². The fourth-order valence-corrected chi connectivity index (χ4v) is 3.81. The molecule has 0 fully saturated rings. The quantitative estimate of drug-likeness (QED) is 0.711. The van der Waals surface area contributed by atoms with Gasteiger partial charge < -0.3 is 14.5 Å². The molecule has 7 heteroatoms. The molecule has 1 N–H and O–H groups in total. The summed E-state index contributed by atoms with van der Waals surface area (Å²) >= 11 is 3.34.